The summed E-state index contributed by atoms with van der Waals surface area (Å²) in [5.41, 5.74) is -0.578. The summed E-state index contributed by atoms with van der Waals surface area (Å²) >= 11 is 0. The lowest BCUT2D eigenvalue weighted by atomic mass is 10.1. The summed E-state index contributed by atoms with van der Waals surface area (Å²) in [5.74, 6) is -1.23. The van der Waals surface area contributed by atoms with E-state index in [9.17, 15) is 50.0 Å². The predicted molar refractivity (Wildman–Crippen MR) is 164 cm³/mol. The molecule has 0 bridgehead atoms. The SMILES string of the molecule is CC(NC(=O)c1cc([N+](=O)[O-])cc([N+](=O)[O-])c1)c1ccccc1.CC(NC(=O)c1cc([N+](=O)[O-])cc([N+](=O)[O-])c1)c1ccccc1. The van der Waals surface area contributed by atoms with E-state index in [0.717, 1.165) is 47.5 Å². The zero-order valence-corrected chi connectivity index (χ0v) is 24.3. The van der Waals surface area contributed by atoms with E-state index in [1.807, 2.05) is 60.7 Å². The topological polar surface area (TPSA) is 231 Å². The monoisotopic (exact) mass is 630 g/mol. The maximum Gasteiger partial charge on any atom is 0.277 e. The normalized spacial score (nSPS) is 11.5. The Hall–Kier alpha value is -6.58. The summed E-state index contributed by atoms with van der Waals surface area (Å²) in [4.78, 5) is 64.7. The first-order chi connectivity index (χ1) is 21.8. The number of nitrogens with one attached hydrogen (secondary N) is 2. The van der Waals surface area contributed by atoms with Gasteiger partial charge in [0.05, 0.1) is 55.0 Å². The van der Waals surface area contributed by atoms with Gasteiger partial charge in [0, 0.05) is 24.3 Å². The van der Waals surface area contributed by atoms with Gasteiger partial charge in [0.2, 0.25) is 0 Å². The van der Waals surface area contributed by atoms with Crippen molar-refractivity contribution in [2.75, 3.05) is 0 Å². The molecule has 4 aromatic carbocycles. The minimum absolute atomic E-state index is 0.131. The minimum atomic E-state index is -0.773. The molecular weight excluding hydrogens is 604 g/mol. The number of nitro groups is 4. The molecular formula is C30H26N6O10. The highest BCUT2D eigenvalue weighted by Crippen LogP contribution is 2.25. The Balaban J connectivity index is 0.000000250. The summed E-state index contributed by atoms with van der Waals surface area (Å²) in [6.45, 7) is 3.50. The van der Waals surface area contributed by atoms with E-state index >= 15 is 0 Å². The maximum absolute atomic E-state index is 12.2. The van der Waals surface area contributed by atoms with Crippen molar-refractivity contribution in [3.05, 3.63) is 160 Å². The number of nitro benzene ring substituents is 4. The van der Waals surface area contributed by atoms with Crippen molar-refractivity contribution in [3.8, 4) is 0 Å². The molecule has 0 aromatic heterocycles. The number of non-ortho nitro benzene ring substituents is 4. The Morgan fingerprint density at radius 2 is 0.761 bits per heavy atom. The molecule has 0 radical (unpaired) electrons. The lowest BCUT2D eigenvalue weighted by Crippen LogP contribution is -2.26. The van der Waals surface area contributed by atoms with Crippen molar-refractivity contribution < 1.29 is 29.3 Å². The van der Waals surface area contributed by atoms with Crippen LogP contribution in [0.15, 0.2) is 97.1 Å². The molecule has 0 spiro atoms. The lowest BCUT2D eigenvalue weighted by Gasteiger charge is -2.14. The number of amides is 2. The maximum atomic E-state index is 12.2. The van der Waals surface area contributed by atoms with E-state index in [2.05, 4.69) is 10.6 Å². The molecule has 0 aliphatic rings. The molecule has 2 amide bonds. The van der Waals surface area contributed by atoms with Gasteiger partial charge in [0.25, 0.3) is 34.6 Å². The number of carbonyl (C=O) groups is 2. The summed E-state index contributed by atoms with van der Waals surface area (Å²) in [6, 6.07) is 23.2. The zero-order chi connectivity index (χ0) is 34.0. The molecule has 16 heteroatoms. The van der Waals surface area contributed by atoms with Crippen LogP contribution in [0.1, 0.15) is 57.8 Å². The van der Waals surface area contributed by atoms with Crippen LogP contribution in [-0.2, 0) is 0 Å². The second-order valence-electron chi connectivity index (χ2n) is 9.72. The fourth-order valence-electron chi connectivity index (χ4n) is 4.08. The van der Waals surface area contributed by atoms with Crippen LogP contribution in [-0.4, -0.2) is 31.5 Å². The van der Waals surface area contributed by atoms with Crippen molar-refractivity contribution in [3.63, 3.8) is 0 Å². The van der Waals surface area contributed by atoms with E-state index < -0.39 is 54.3 Å². The standard InChI is InChI=1S/2C15H13N3O5/c2*1-10(11-5-3-2-4-6-11)16-15(19)12-7-13(17(20)21)9-14(8-12)18(22)23/h2*2-10H,1H3,(H,16,19). The van der Waals surface area contributed by atoms with Crippen LogP contribution in [0.3, 0.4) is 0 Å². The Bertz CT molecular complexity index is 1590. The van der Waals surface area contributed by atoms with Crippen LogP contribution < -0.4 is 10.6 Å². The molecule has 0 aliphatic heterocycles. The van der Waals surface area contributed by atoms with E-state index in [1.165, 1.54) is 0 Å². The molecule has 16 nitrogen and oxygen atoms in total. The summed E-state index contributed by atoms with van der Waals surface area (Å²) in [6.07, 6.45) is 0. The van der Waals surface area contributed by atoms with E-state index in [4.69, 9.17) is 0 Å². The third kappa shape index (κ3) is 9.21. The highest BCUT2D eigenvalue weighted by atomic mass is 16.6. The van der Waals surface area contributed by atoms with Crippen molar-refractivity contribution in [2.24, 2.45) is 0 Å². The quantitative estimate of drug-likeness (QED) is 0.153. The third-order valence-corrected chi connectivity index (χ3v) is 6.47. The van der Waals surface area contributed by atoms with Crippen molar-refractivity contribution in [1.82, 2.24) is 10.6 Å². The number of hydrogen-bond acceptors (Lipinski definition) is 10. The van der Waals surface area contributed by atoms with Gasteiger partial charge in [-0.2, -0.15) is 0 Å². The highest BCUT2D eigenvalue weighted by molar-refractivity contribution is 5.96. The summed E-state index contributed by atoms with van der Waals surface area (Å²) in [5, 5.41) is 48.7. The minimum Gasteiger partial charge on any atom is -0.346 e. The highest BCUT2D eigenvalue weighted by Gasteiger charge is 2.22. The van der Waals surface area contributed by atoms with Gasteiger partial charge in [-0.05, 0) is 25.0 Å². The number of carbonyl (C=O) groups excluding carboxylic acids is 2. The zero-order valence-electron chi connectivity index (χ0n) is 24.3. The Morgan fingerprint density at radius 1 is 0.500 bits per heavy atom. The van der Waals surface area contributed by atoms with Crippen molar-refractivity contribution >= 4 is 34.6 Å². The molecule has 236 valence electrons. The van der Waals surface area contributed by atoms with Gasteiger partial charge in [-0.25, -0.2) is 0 Å². The first-order valence-corrected chi connectivity index (χ1v) is 13.4. The number of nitrogens with zero attached hydrogens (tertiary/aromatic N) is 4. The van der Waals surface area contributed by atoms with Crippen LogP contribution in [0.25, 0.3) is 0 Å². The number of benzene rings is 4. The van der Waals surface area contributed by atoms with Gasteiger partial charge in [-0.15, -0.1) is 0 Å². The van der Waals surface area contributed by atoms with Gasteiger partial charge >= 0.3 is 0 Å². The van der Waals surface area contributed by atoms with Crippen molar-refractivity contribution in [2.45, 2.75) is 25.9 Å². The van der Waals surface area contributed by atoms with Crippen LogP contribution in [0.5, 0.6) is 0 Å². The summed E-state index contributed by atoms with van der Waals surface area (Å²) < 4.78 is 0. The second-order valence-corrected chi connectivity index (χ2v) is 9.72. The summed E-state index contributed by atoms with van der Waals surface area (Å²) in [7, 11) is 0. The predicted octanol–water partition coefficient (Wildman–Crippen LogP) is 5.99. The Morgan fingerprint density at radius 3 is 1.00 bits per heavy atom. The van der Waals surface area contributed by atoms with E-state index in [0.29, 0.717) is 0 Å². The van der Waals surface area contributed by atoms with Crippen LogP contribution >= 0.6 is 0 Å². The average Bonchev–Trinajstić information content (AvgIpc) is 3.05. The molecule has 4 aromatic rings. The van der Waals surface area contributed by atoms with E-state index in [-0.39, 0.29) is 23.2 Å². The van der Waals surface area contributed by atoms with E-state index in [1.54, 1.807) is 13.8 Å². The van der Waals surface area contributed by atoms with Crippen LogP contribution in [0.4, 0.5) is 22.7 Å². The molecule has 46 heavy (non-hydrogen) atoms. The number of hydrogen-bond donors (Lipinski definition) is 2. The van der Waals surface area contributed by atoms with Gasteiger partial charge in [0.1, 0.15) is 0 Å². The fraction of sp³-hybridized carbons (Fsp3) is 0.133. The lowest BCUT2D eigenvalue weighted by molar-refractivity contribution is -0.394. The first kappa shape index (κ1) is 33.9. The fourth-order valence-corrected chi connectivity index (χ4v) is 4.08. The van der Waals surface area contributed by atoms with Crippen molar-refractivity contribution in [1.29, 1.82) is 0 Å². The third-order valence-electron chi connectivity index (χ3n) is 6.47. The average molecular weight is 631 g/mol. The Labute approximate surface area is 260 Å². The van der Waals surface area contributed by atoms with Crippen LogP contribution in [0.2, 0.25) is 0 Å². The molecule has 0 heterocycles. The van der Waals surface area contributed by atoms with Gasteiger partial charge in [-0.3, -0.25) is 50.0 Å². The smallest absolute Gasteiger partial charge is 0.277 e. The van der Waals surface area contributed by atoms with Gasteiger partial charge in [0.15, 0.2) is 0 Å². The molecule has 0 saturated heterocycles. The van der Waals surface area contributed by atoms with Gasteiger partial charge < -0.3 is 10.6 Å². The van der Waals surface area contributed by atoms with Crippen LogP contribution in [0, 0.1) is 40.5 Å². The molecule has 0 aliphatic carbocycles. The Kier molecular flexibility index (Phi) is 11.2. The molecule has 0 fully saturated rings. The molecule has 4 rings (SSSR count). The molecule has 2 N–H and O–H groups in total. The second kappa shape index (κ2) is 15.2. The molecule has 2 unspecified atom stereocenters. The largest absolute Gasteiger partial charge is 0.346 e. The molecule has 0 saturated carbocycles. The number of rotatable bonds is 10. The molecule has 2 atom stereocenters. The van der Waals surface area contributed by atoms with Gasteiger partial charge in [-0.1, -0.05) is 60.7 Å². The first-order valence-electron chi connectivity index (χ1n) is 13.4.